The van der Waals surface area contributed by atoms with E-state index in [1.165, 1.54) is 36.3 Å². The van der Waals surface area contributed by atoms with Crippen LogP contribution in [0.15, 0.2) is 35.2 Å². The topological polar surface area (TPSA) is 26.0 Å². The smallest absolute Gasteiger partial charge is 0.00719 e. The van der Waals surface area contributed by atoms with E-state index in [0.29, 0.717) is 5.41 Å². The minimum absolute atomic E-state index is 0.446. The molecule has 2 atom stereocenters. The molecule has 1 saturated carbocycles. The summed E-state index contributed by atoms with van der Waals surface area (Å²) in [4.78, 5) is 1.38. The molecule has 0 heterocycles. The van der Waals surface area contributed by atoms with Crippen molar-refractivity contribution in [2.24, 2.45) is 17.1 Å². The highest BCUT2D eigenvalue weighted by molar-refractivity contribution is 7.99. The Balaban J connectivity index is 1.81. The van der Waals surface area contributed by atoms with Crippen LogP contribution in [-0.2, 0) is 0 Å². The predicted molar refractivity (Wildman–Crippen MR) is 76.3 cm³/mol. The van der Waals surface area contributed by atoms with Crippen LogP contribution in [0.1, 0.15) is 32.6 Å². The maximum Gasteiger partial charge on any atom is 0.00719 e. The molecule has 1 nitrogen and oxygen atoms in total. The van der Waals surface area contributed by atoms with Gasteiger partial charge in [-0.1, -0.05) is 31.5 Å². The van der Waals surface area contributed by atoms with E-state index in [0.717, 1.165) is 12.5 Å². The summed E-state index contributed by atoms with van der Waals surface area (Å²) >= 11 is 1.97. The molecule has 0 spiro atoms. The van der Waals surface area contributed by atoms with Crippen molar-refractivity contribution in [1.82, 2.24) is 0 Å². The molecular weight excluding hydrogens is 226 g/mol. The molecule has 1 aromatic rings. The van der Waals surface area contributed by atoms with E-state index in [2.05, 4.69) is 37.3 Å². The summed E-state index contributed by atoms with van der Waals surface area (Å²) in [6, 6.07) is 10.7. The van der Waals surface area contributed by atoms with Gasteiger partial charge in [0.25, 0.3) is 0 Å². The first-order valence-corrected chi connectivity index (χ1v) is 7.61. The number of hydrogen-bond donors (Lipinski definition) is 1. The zero-order valence-electron chi connectivity index (χ0n) is 10.7. The molecule has 2 N–H and O–H groups in total. The highest BCUT2D eigenvalue weighted by Crippen LogP contribution is 2.44. The summed E-state index contributed by atoms with van der Waals surface area (Å²) in [5.41, 5.74) is 6.45. The molecule has 94 valence electrons. The fourth-order valence-electron chi connectivity index (χ4n) is 2.91. The second-order valence-electron chi connectivity index (χ2n) is 5.46. The molecular formula is C15H23NS. The van der Waals surface area contributed by atoms with Gasteiger partial charge in [0.15, 0.2) is 0 Å². The van der Waals surface area contributed by atoms with E-state index in [-0.39, 0.29) is 0 Å². The third-order valence-electron chi connectivity index (χ3n) is 4.03. The Morgan fingerprint density at radius 2 is 2.12 bits per heavy atom. The van der Waals surface area contributed by atoms with Crippen LogP contribution in [0.2, 0.25) is 0 Å². The van der Waals surface area contributed by atoms with E-state index < -0.39 is 0 Å². The maximum absolute atomic E-state index is 6.00. The van der Waals surface area contributed by atoms with Gasteiger partial charge in [-0.25, -0.2) is 0 Å². The SMILES string of the molecule is CC1CCC(CN)(CCSc2ccccc2)C1. The summed E-state index contributed by atoms with van der Waals surface area (Å²) in [5.74, 6) is 2.08. The summed E-state index contributed by atoms with van der Waals surface area (Å²) < 4.78 is 0. The second kappa shape index (κ2) is 5.92. The molecule has 1 aromatic carbocycles. The van der Waals surface area contributed by atoms with Crippen LogP contribution >= 0.6 is 11.8 Å². The van der Waals surface area contributed by atoms with Crippen LogP contribution in [0.25, 0.3) is 0 Å². The van der Waals surface area contributed by atoms with E-state index in [1.807, 2.05) is 11.8 Å². The van der Waals surface area contributed by atoms with Crippen LogP contribution in [0.3, 0.4) is 0 Å². The van der Waals surface area contributed by atoms with E-state index >= 15 is 0 Å². The molecule has 0 aliphatic heterocycles. The van der Waals surface area contributed by atoms with Crippen molar-refractivity contribution in [3.8, 4) is 0 Å². The molecule has 1 fully saturated rings. The van der Waals surface area contributed by atoms with Crippen molar-refractivity contribution in [2.45, 2.75) is 37.5 Å². The van der Waals surface area contributed by atoms with Gasteiger partial charge in [-0.2, -0.15) is 0 Å². The third-order valence-corrected chi connectivity index (χ3v) is 5.04. The van der Waals surface area contributed by atoms with Crippen molar-refractivity contribution >= 4 is 11.8 Å². The number of rotatable bonds is 5. The Bertz CT molecular complexity index is 338. The lowest BCUT2D eigenvalue weighted by Gasteiger charge is -2.27. The van der Waals surface area contributed by atoms with E-state index in [1.54, 1.807) is 0 Å². The van der Waals surface area contributed by atoms with Crippen LogP contribution in [-0.4, -0.2) is 12.3 Å². The van der Waals surface area contributed by atoms with Gasteiger partial charge < -0.3 is 5.73 Å². The molecule has 0 aromatic heterocycles. The van der Waals surface area contributed by atoms with Crippen LogP contribution in [0.5, 0.6) is 0 Å². The lowest BCUT2D eigenvalue weighted by atomic mass is 9.83. The van der Waals surface area contributed by atoms with Crippen LogP contribution < -0.4 is 5.73 Å². The van der Waals surface area contributed by atoms with Gasteiger partial charge in [0, 0.05) is 4.90 Å². The third kappa shape index (κ3) is 3.49. The standard InChI is InChI=1S/C15H23NS/c1-13-7-8-15(11-13,12-16)9-10-17-14-5-3-2-4-6-14/h2-6,13H,7-12,16H2,1H3. The second-order valence-corrected chi connectivity index (χ2v) is 6.63. The van der Waals surface area contributed by atoms with Crippen molar-refractivity contribution in [3.05, 3.63) is 30.3 Å². The summed E-state index contributed by atoms with van der Waals surface area (Å²) in [6.45, 7) is 3.23. The van der Waals surface area contributed by atoms with Crippen LogP contribution in [0.4, 0.5) is 0 Å². The number of thioether (sulfide) groups is 1. The molecule has 2 heteroatoms. The normalized spacial score (nSPS) is 28.5. The summed E-state index contributed by atoms with van der Waals surface area (Å²) in [5, 5.41) is 0. The molecule has 1 aliphatic rings. The highest BCUT2D eigenvalue weighted by Gasteiger charge is 2.35. The van der Waals surface area contributed by atoms with Crippen molar-refractivity contribution < 1.29 is 0 Å². The lowest BCUT2D eigenvalue weighted by Crippen LogP contribution is -2.28. The Morgan fingerprint density at radius 3 is 2.71 bits per heavy atom. The molecule has 0 amide bonds. The van der Waals surface area contributed by atoms with Gasteiger partial charge in [-0.05, 0) is 55.0 Å². The fraction of sp³-hybridized carbons (Fsp3) is 0.600. The maximum atomic E-state index is 6.00. The van der Waals surface area contributed by atoms with Gasteiger partial charge in [0.1, 0.15) is 0 Å². The Hall–Kier alpha value is -0.470. The largest absolute Gasteiger partial charge is 0.330 e. The Labute approximate surface area is 109 Å². The molecule has 1 aliphatic carbocycles. The van der Waals surface area contributed by atoms with Gasteiger partial charge in [-0.15, -0.1) is 11.8 Å². The number of benzene rings is 1. The minimum Gasteiger partial charge on any atom is -0.330 e. The number of hydrogen-bond acceptors (Lipinski definition) is 2. The average molecular weight is 249 g/mol. The molecule has 2 unspecified atom stereocenters. The summed E-state index contributed by atoms with van der Waals surface area (Å²) in [7, 11) is 0. The molecule has 0 saturated heterocycles. The fourth-order valence-corrected chi connectivity index (χ4v) is 4.03. The lowest BCUT2D eigenvalue weighted by molar-refractivity contribution is 0.289. The minimum atomic E-state index is 0.446. The van der Waals surface area contributed by atoms with Crippen molar-refractivity contribution in [2.75, 3.05) is 12.3 Å². The van der Waals surface area contributed by atoms with Gasteiger partial charge in [0.05, 0.1) is 0 Å². The summed E-state index contributed by atoms with van der Waals surface area (Å²) in [6.07, 6.45) is 5.31. The van der Waals surface area contributed by atoms with E-state index in [4.69, 9.17) is 5.73 Å². The van der Waals surface area contributed by atoms with E-state index in [9.17, 15) is 0 Å². The van der Waals surface area contributed by atoms with Crippen LogP contribution in [0, 0.1) is 11.3 Å². The number of nitrogens with two attached hydrogens (primary N) is 1. The first-order valence-electron chi connectivity index (χ1n) is 6.62. The van der Waals surface area contributed by atoms with Gasteiger partial charge in [0.2, 0.25) is 0 Å². The molecule has 0 bridgehead atoms. The quantitative estimate of drug-likeness (QED) is 0.800. The zero-order chi connectivity index (χ0) is 12.1. The molecule has 17 heavy (non-hydrogen) atoms. The first-order chi connectivity index (χ1) is 8.24. The van der Waals surface area contributed by atoms with Gasteiger partial charge in [-0.3, -0.25) is 0 Å². The molecule has 0 radical (unpaired) electrons. The zero-order valence-corrected chi connectivity index (χ0v) is 11.5. The Kier molecular flexibility index (Phi) is 4.52. The van der Waals surface area contributed by atoms with Gasteiger partial charge >= 0.3 is 0 Å². The van der Waals surface area contributed by atoms with Crippen molar-refractivity contribution in [3.63, 3.8) is 0 Å². The first kappa shape index (κ1) is 13.0. The predicted octanol–water partition coefficient (Wildman–Crippen LogP) is 3.93. The monoisotopic (exact) mass is 249 g/mol. The average Bonchev–Trinajstić information content (AvgIpc) is 2.73. The molecule has 2 rings (SSSR count). The van der Waals surface area contributed by atoms with Crippen molar-refractivity contribution in [1.29, 1.82) is 0 Å². The Morgan fingerprint density at radius 1 is 1.35 bits per heavy atom. The highest BCUT2D eigenvalue weighted by atomic mass is 32.2.